The van der Waals surface area contributed by atoms with Crippen LogP contribution in [0, 0.1) is 5.92 Å². The second-order valence-electron chi connectivity index (χ2n) is 4.36. The molecule has 1 N–H and O–H groups in total. The van der Waals surface area contributed by atoms with Gasteiger partial charge in [-0.1, -0.05) is 26.2 Å². The molecule has 0 radical (unpaired) electrons. The third-order valence-corrected chi connectivity index (χ3v) is 3.44. The summed E-state index contributed by atoms with van der Waals surface area (Å²) in [5, 5.41) is 2.41. The molecule has 1 aliphatic carbocycles. The molecule has 0 aromatic carbocycles. The fraction of sp³-hybridized carbons (Fsp3) is 0.667. The highest BCUT2D eigenvalue weighted by Crippen LogP contribution is 2.34. The van der Waals surface area contributed by atoms with Crippen molar-refractivity contribution in [1.29, 1.82) is 0 Å². The number of carbonyl (C=O) groups is 2. The van der Waals surface area contributed by atoms with Crippen LogP contribution in [0.15, 0.2) is 11.1 Å². The van der Waals surface area contributed by atoms with Gasteiger partial charge < -0.3 is 0 Å². The molecule has 1 heterocycles. The van der Waals surface area contributed by atoms with Crippen molar-refractivity contribution in [3.63, 3.8) is 0 Å². The molecule has 0 saturated heterocycles. The van der Waals surface area contributed by atoms with E-state index in [2.05, 4.69) is 5.32 Å². The first-order valence-electron chi connectivity index (χ1n) is 5.82. The monoisotopic (exact) mass is 207 g/mol. The van der Waals surface area contributed by atoms with Crippen molar-refractivity contribution >= 4 is 11.8 Å². The molecule has 0 spiro atoms. The van der Waals surface area contributed by atoms with Crippen LogP contribution in [0.3, 0.4) is 0 Å². The van der Waals surface area contributed by atoms with E-state index in [1.165, 1.54) is 19.3 Å². The fourth-order valence-corrected chi connectivity index (χ4v) is 2.68. The van der Waals surface area contributed by atoms with Crippen LogP contribution in [0.25, 0.3) is 0 Å². The summed E-state index contributed by atoms with van der Waals surface area (Å²) < 4.78 is 0. The molecule has 82 valence electrons. The molecule has 3 heteroatoms. The van der Waals surface area contributed by atoms with Crippen LogP contribution in [0.4, 0.5) is 0 Å². The number of hydrogen-bond donors (Lipinski definition) is 1. The van der Waals surface area contributed by atoms with Crippen LogP contribution in [0.2, 0.25) is 0 Å². The molecule has 15 heavy (non-hydrogen) atoms. The molecule has 0 unspecified atom stereocenters. The molecular weight excluding hydrogens is 190 g/mol. The van der Waals surface area contributed by atoms with Gasteiger partial charge in [-0.15, -0.1) is 0 Å². The van der Waals surface area contributed by atoms with Gasteiger partial charge in [-0.3, -0.25) is 14.9 Å². The average Bonchev–Trinajstić information content (AvgIpc) is 2.54. The van der Waals surface area contributed by atoms with Crippen LogP contribution in [0.1, 0.15) is 45.4 Å². The summed E-state index contributed by atoms with van der Waals surface area (Å²) in [5.74, 6) is 0.0342. The largest absolute Gasteiger partial charge is 0.289 e. The molecule has 0 aromatic heterocycles. The Kier molecular flexibility index (Phi) is 2.89. The predicted octanol–water partition coefficient (Wildman–Crippen LogP) is 1.93. The number of nitrogens with one attached hydrogen (secondary N) is 1. The maximum absolute atomic E-state index is 11.7. The maximum atomic E-state index is 11.7. The van der Waals surface area contributed by atoms with E-state index in [9.17, 15) is 9.59 Å². The summed E-state index contributed by atoms with van der Waals surface area (Å²) in [7, 11) is 0. The Labute approximate surface area is 89.9 Å². The van der Waals surface area contributed by atoms with Crippen molar-refractivity contribution in [2.45, 2.75) is 45.4 Å². The molecule has 2 amide bonds. The van der Waals surface area contributed by atoms with Gasteiger partial charge in [0.1, 0.15) is 0 Å². The second kappa shape index (κ2) is 4.17. The molecule has 2 aliphatic rings. The van der Waals surface area contributed by atoms with Crippen LogP contribution >= 0.6 is 0 Å². The SMILES string of the molecule is CCC1=C(C2CCCCC2)C(=O)NC1=O. The van der Waals surface area contributed by atoms with E-state index in [-0.39, 0.29) is 11.8 Å². The number of amides is 2. The van der Waals surface area contributed by atoms with Gasteiger partial charge in [-0.25, -0.2) is 0 Å². The Morgan fingerprint density at radius 3 is 2.40 bits per heavy atom. The van der Waals surface area contributed by atoms with Gasteiger partial charge in [0.2, 0.25) is 0 Å². The lowest BCUT2D eigenvalue weighted by Gasteiger charge is -2.22. The van der Waals surface area contributed by atoms with Crippen molar-refractivity contribution in [1.82, 2.24) is 5.32 Å². The van der Waals surface area contributed by atoms with Gasteiger partial charge in [0, 0.05) is 11.1 Å². The molecule has 1 saturated carbocycles. The van der Waals surface area contributed by atoms with E-state index >= 15 is 0 Å². The van der Waals surface area contributed by atoms with Crippen molar-refractivity contribution in [3.05, 3.63) is 11.1 Å². The molecule has 3 nitrogen and oxygen atoms in total. The van der Waals surface area contributed by atoms with E-state index in [1.807, 2.05) is 6.92 Å². The van der Waals surface area contributed by atoms with Crippen molar-refractivity contribution < 1.29 is 9.59 Å². The molecule has 1 fully saturated rings. The third-order valence-electron chi connectivity index (χ3n) is 3.44. The third kappa shape index (κ3) is 1.83. The Morgan fingerprint density at radius 2 is 1.80 bits per heavy atom. The number of imide groups is 1. The highest BCUT2D eigenvalue weighted by atomic mass is 16.2. The minimum Gasteiger partial charge on any atom is -0.289 e. The zero-order chi connectivity index (χ0) is 10.8. The lowest BCUT2D eigenvalue weighted by atomic mass is 9.82. The van der Waals surface area contributed by atoms with E-state index in [0.717, 1.165) is 24.0 Å². The number of rotatable bonds is 2. The second-order valence-corrected chi connectivity index (χ2v) is 4.36. The van der Waals surface area contributed by atoms with Crippen molar-refractivity contribution in [2.75, 3.05) is 0 Å². The van der Waals surface area contributed by atoms with Crippen molar-refractivity contribution in [2.24, 2.45) is 5.92 Å². The first-order valence-corrected chi connectivity index (χ1v) is 5.82. The van der Waals surface area contributed by atoms with E-state index in [1.54, 1.807) is 0 Å². The van der Waals surface area contributed by atoms with E-state index in [4.69, 9.17) is 0 Å². The molecule has 0 atom stereocenters. The smallest absolute Gasteiger partial charge is 0.254 e. The van der Waals surface area contributed by atoms with Gasteiger partial charge in [0.15, 0.2) is 0 Å². The van der Waals surface area contributed by atoms with Gasteiger partial charge in [-0.05, 0) is 25.2 Å². The zero-order valence-corrected chi connectivity index (χ0v) is 9.14. The highest BCUT2D eigenvalue weighted by Gasteiger charge is 2.34. The summed E-state index contributed by atoms with van der Waals surface area (Å²) in [6.07, 6.45) is 6.45. The fourth-order valence-electron chi connectivity index (χ4n) is 2.68. The lowest BCUT2D eigenvalue weighted by Crippen LogP contribution is -2.25. The summed E-state index contributed by atoms with van der Waals surface area (Å²) in [6, 6.07) is 0. The van der Waals surface area contributed by atoms with Crippen LogP contribution in [-0.2, 0) is 9.59 Å². The molecule has 0 aromatic rings. The topological polar surface area (TPSA) is 46.2 Å². The Bertz CT molecular complexity index is 325. The molecular formula is C12H17NO2. The zero-order valence-electron chi connectivity index (χ0n) is 9.14. The number of hydrogen-bond acceptors (Lipinski definition) is 2. The van der Waals surface area contributed by atoms with Gasteiger partial charge in [-0.2, -0.15) is 0 Å². The summed E-state index contributed by atoms with van der Waals surface area (Å²) in [6.45, 7) is 1.94. The van der Waals surface area contributed by atoms with Gasteiger partial charge in [0.25, 0.3) is 11.8 Å². The lowest BCUT2D eigenvalue weighted by molar-refractivity contribution is -0.124. The quantitative estimate of drug-likeness (QED) is 0.703. The van der Waals surface area contributed by atoms with Crippen LogP contribution in [-0.4, -0.2) is 11.8 Å². The normalized spacial score (nSPS) is 23.5. The molecule has 2 rings (SSSR count). The molecule has 1 aliphatic heterocycles. The average molecular weight is 207 g/mol. The Balaban J connectivity index is 2.26. The maximum Gasteiger partial charge on any atom is 0.254 e. The van der Waals surface area contributed by atoms with Crippen LogP contribution in [0.5, 0.6) is 0 Å². The summed E-state index contributed by atoms with van der Waals surface area (Å²) in [5.41, 5.74) is 1.52. The Hall–Kier alpha value is -1.12. The van der Waals surface area contributed by atoms with Gasteiger partial charge >= 0.3 is 0 Å². The highest BCUT2D eigenvalue weighted by molar-refractivity contribution is 6.19. The summed E-state index contributed by atoms with van der Waals surface area (Å²) in [4.78, 5) is 23.1. The first kappa shape index (κ1) is 10.4. The van der Waals surface area contributed by atoms with E-state index < -0.39 is 0 Å². The first-order chi connectivity index (χ1) is 7.24. The summed E-state index contributed by atoms with van der Waals surface area (Å²) >= 11 is 0. The minimum atomic E-state index is -0.164. The Morgan fingerprint density at radius 1 is 1.13 bits per heavy atom. The van der Waals surface area contributed by atoms with Gasteiger partial charge in [0.05, 0.1) is 0 Å². The van der Waals surface area contributed by atoms with E-state index in [0.29, 0.717) is 12.3 Å². The standard InChI is InChI=1S/C12H17NO2/c1-2-9-10(12(15)13-11(9)14)8-6-4-3-5-7-8/h8H,2-7H2,1H3,(H,13,14,15). The predicted molar refractivity (Wildman–Crippen MR) is 57.0 cm³/mol. The van der Waals surface area contributed by atoms with Crippen LogP contribution < -0.4 is 5.32 Å². The minimum absolute atomic E-state index is 0.135. The molecule has 0 bridgehead atoms. The van der Waals surface area contributed by atoms with Crippen molar-refractivity contribution in [3.8, 4) is 0 Å². The number of carbonyl (C=O) groups excluding carboxylic acids is 2.